The number of benzene rings is 3. The Bertz CT molecular complexity index is 1650. The molecular weight excluding hydrogens is 466 g/mol. The molecule has 0 unspecified atom stereocenters. The van der Waals surface area contributed by atoms with Gasteiger partial charge in [-0.3, -0.25) is 0 Å². The van der Waals surface area contributed by atoms with Gasteiger partial charge in [-0.2, -0.15) is 0 Å². The molecule has 0 atom stereocenters. The molecule has 6 nitrogen and oxygen atoms in total. The highest BCUT2D eigenvalue weighted by atomic mass is 32.1. The number of fused-ring (bicyclic) bond motifs is 2. The lowest BCUT2D eigenvalue weighted by Crippen LogP contribution is -2.09. The molecule has 2 N–H and O–H groups in total. The van der Waals surface area contributed by atoms with Gasteiger partial charge in [-0.1, -0.05) is 60.2 Å². The van der Waals surface area contributed by atoms with Gasteiger partial charge in [0, 0.05) is 27.6 Å². The zero-order chi connectivity index (χ0) is 24.5. The van der Waals surface area contributed by atoms with E-state index in [4.69, 9.17) is 15.0 Å². The number of aromatic nitrogens is 4. The van der Waals surface area contributed by atoms with E-state index >= 15 is 0 Å². The maximum Gasteiger partial charge on any atom is 0.166 e. The third kappa shape index (κ3) is 4.41. The van der Waals surface area contributed by atoms with Crippen LogP contribution in [0.3, 0.4) is 0 Å². The van der Waals surface area contributed by atoms with Crippen molar-refractivity contribution in [1.29, 1.82) is 0 Å². The molecule has 0 aliphatic heterocycles. The van der Waals surface area contributed by atoms with Crippen molar-refractivity contribution in [1.82, 2.24) is 19.5 Å². The van der Waals surface area contributed by atoms with Gasteiger partial charge in [0.2, 0.25) is 0 Å². The molecule has 6 rings (SSSR count). The summed E-state index contributed by atoms with van der Waals surface area (Å²) in [5, 5.41) is 16.3. The van der Waals surface area contributed by atoms with E-state index < -0.39 is 0 Å². The molecule has 0 spiro atoms. The number of rotatable bonds is 7. The van der Waals surface area contributed by atoms with Crippen molar-refractivity contribution in [2.24, 2.45) is 0 Å². The molecule has 0 bridgehead atoms. The summed E-state index contributed by atoms with van der Waals surface area (Å²) in [4.78, 5) is 14.6. The standard InChI is InChI=1S/C29H25N5OS/c1-19-6-8-21(9-7-19)16-34-18-31-26-28(30-15-14-20-10-12-22(35)13-11-20)32-27(33-29(26)34)24-17-36-25-5-3-2-4-23(24)25/h2-13,17-18,35H,14-16H2,1H3,(H,30,32,33). The number of aryl methyl sites for hydroxylation is 1. The van der Waals surface area contributed by atoms with Gasteiger partial charge in [0.25, 0.3) is 0 Å². The predicted molar refractivity (Wildman–Crippen MR) is 147 cm³/mol. The second-order valence-corrected chi connectivity index (χ2v) is 9.83. The van der Waals surface area contributed by atoms with Crippen molar-refractivity contribution in [3.8, 4) is 17.1 Å². The minimum Gasteiger partial charge on any atom is -0.508 e. The normalized spacial score (nSPS) is 11.4. The number of imidazole rings is 1. The summed E-state index contributed by atoms with van der Waals surface area (Å²) in [5.74, 6) is 1.69. The molecular formula is C29H25N5OS. The van der Waals surface area contributed by atoms with Crippen molar-refractivity contribution in [2.45, 2.75) is 19.9 Å². The zero-order valence-electron chi connectivity index (χ0n) is 19.8. The first-order chi connectivity index (χ1) is 17.6. The first-order valence-corrected chi connectivity index (χ1v) is 12.8. The van der Waals surface area contributed by atoms with Gasteiger partial charge >= 0.3 is 0 Å². The predicted octanol–water partition coefficient (Wildman–Crippen LogP) is 6.42. The molecule has 7 heteroatoms. The van der Waals surface area contributed by atoms with Crippen LogP contribution in [0.5, 0.6) is 5.75 Å². The summed E-state index contributed by atoms with van der Waals surface area (Å²) in [6, 6.07) is 24.2. The Balaban J connectivity index is 1.39. The Labute approximate surface area is 212 Å². The monoisotopic (exact) mass is 491 g/mol. The molecule has 3 heterocycles. The number of nitrogens with zero attached hydrogens (tertiary/aromatic N) is 4. The lowest BCUT2D eigenvalue weighted by molar-refractivity contribution is 0.475. The van der Waals surface area contributed by atoms with Gasteiger partial charge < -0.3 is 15.0 Å². The van der Waals surface area contributed by atoms with E-state index in [0.29, 0.717) is 18.9 Å². The summed E-state index contributed by atoms with van der Waals surface area (Å²) < 4.78 is 3.30. The van der Waals surface area contributed by atoms with Crippen molar-refractivity contribution in [3.63, 3.8) is 0 Å². The number of hydrogen-bond acceptors (Lipinski definition) is 6. The third-order valence-corrected chi connectivity index (χ3v) is 7.27. The molecule has 0 aliphatic rings. The highest BCUT2D eigenvalue weighted by molar-refractivity contribution is 7.17. The van der Waals surface area contributed by atoms with Gasteiger partial charge in [-0.15, -0.1) is 11.3 Å². The minimum absolute atomic E-state index is 0.274. The van der Waals surface area contributed by atoms with Crippen LogP contribution in [-0.2, 0) is 13.0 Å². The average Bonchev–Trinajstić information content (AvgIpc) is 3.51. The van der Waals surface area contributed by atoms with Gasteiger partial charge in [0.1, 0.15) is 11.3 Å². The van der Waals surface area contributed by atoms with E-state index in [2.05, 4.69) is 70.7 Å². The molecule has 6 aromatic rings. The number of thiophene rings is 1. The topological polar surface area (TPSA) is 75.9 Å². The van der Waals surface area contributed by atoms with Crippen LogP contribution >= 0.6 is 11.3 Å². The summed E-state index contributed by atoms with van der Waals surface area (Å²) in [5.41, 5.74) is 6.17. The van der Waals surface area contributed by atoms with Gasteiger partial charge in [-0.05, 0) is 42.7 Å². The third-order valence-electron chi connectivity index (χ3n) is 6.30. The fraction of sp³-hybridized carbons (Fsp3) is 0.138. The molecule has 0 saturated heterocycles. The van der Waals surface area contributed by atoms with E-state index in [1.165, 1.54) is 15.8 Å². The molecule has 36 heavy (non-hydrogen) atoms. The van der Waals surface area contributed by atoms with Crippen molar-refractivity contribution in [3.05, 3.63) is 101 Å². The summed E-state index contributed by atoms with van der Waals surface area (Å²) >= 11 is 1.70. The Morgan fingerprint density at radius 3 is 2.53 bits per heavy atom. The number of phenols is 1. The van der Waals surface area contributed by atoms with Crippen LogP contribution in [0.25, 0.3) is 32.6 Å². The van der Waals surface area contributed by atoms with Gasteiger partial charge in [0.05, 0.1) is 12.9 Å². The Hall–Kier alpha value is -4.23. The molecule has 0 fully saturated rings. The number of anilines is 1. The number of nitrogens with one attached hydrogen (secondary N) is 1. The van der Waals surface area contributed by atoms with E-state index in [1.807, 2.05) is 18.5 Å². The zero-order valence-corrected chi connectivity index (χ0v) is 20.7. The average molecular weight is 492 g/mol. The Morgan fingerprint density at radius 1 is 0.917 bits per heavy atom. The van der Waals surface area contributed by atoms with Crippen LogP contribution in [-0.4, -0.2) is 31.2 Å². The van der Waals surface area contributed by atoms with Crippen LogP contribution in [0, 0.1) is 6.92 Å². The second-order valence-electron chi connectivity index (χ2n) is 8.91. The summed E-state index contributed by atoms with van der Waals surface area (Å²) in [7, 11) is 0. The lowest BCUT2D eigenvalue weighted by atomic mass is 10.1. The molecule has 0 radical (unpaired) electrons. The molecule has 0 saturated carbocycles. The SMILES string of the molecule is Cc1ccc(Cn2cnc3c(NCCc4ccc(O)cc4)nc(-c4csc5ccccc45)nc32)cc1. The van der Waals surface area contributed by atoms with Crippen LogP contribution in [0.2, 0.25) is 0 Å². The smallest absolute Gasteiger partial charge is 0.166 e. The van der Waals surface area contributed by atoms with Crippen molar-refractivity contribution >= 4 is 38.4 Å². The highest BCUT2D eigenvalue weighted by Crippen LogP contribution is 2.34. The quantitative estimate of drug-likeness (QED) is 0.269. The van der Waals surface area contributed by atoms with Crippen molar-refractivity contribution in [2.75, 3.05) is 11.9 Å². The van der Waals surface area contributed by atoms with Crippen molar-refractivity contribution < 1.29 is 5.11 Å². The fourth-order valence-electron chi connectivity index (χ4n) is 4.33. The second kappa shape index (κ2) is 9.43. The van der Waals surface area contributed by atoms with Crippen LogP contribution in [0.1, 0.15) is 16.7 Å². The first-order valence-electron chi connectivity index (χ1n) is 11.9. The van der Waals surface area contributed by atoms with E-state index in [0.717, 1.165) is 39.9 Å². The van der Waals surface area contributed by atoms with Crippen LogP contribution in [0.4, 0.5) is 5.82 Å². The lowest BCUT2D eigenvalue weighted by Gasteiger charge is -2.10. The number of hydrogen-bond donors (Lipinski definition) is 2. The molecule has 0 amide bonds. The number of aromatic hydroxyl groups is 1. The Morgan fingerprint density at radius 2 is 1.69 bits per heavy atom. The largest absolute Gasteiger partial charge is 0.508 e. The van der Waals surface area contributed by atoms with Gasteiger partial charge in [-0.25, -0.2) is 15.0 Å². The summed E-state index contributed by atoms with van der Waals surface area (Å²) in [6.07, 6.45) is 2.65. The first kappa shape index (κ1) is 22.2. The van der Waals surface area contributed by atoms with Gasteiger partial charge in [0.15, 0.2) is 17.3 Å². The van der Waals surface area contributed by atoms with Crippen LogP contribution < -0.4 is 5.32 Å². The highest BCUT2D eigenvalue weighted by Gasteiger charge is 2.17. The van der Waals surface area contributed by atoms with E-state index in [1.54, 1.807) is 23.5 Å². The summed E-state index contributed by atoms with van der Waals surface area (Å²) in [6.45, 7) is 3.47. The Kier molecular flexibility index (Phi) is 5.83. The number of phenolic OH excluding ortho intramolecular Hbond substituents is 1. The molecule has 178 valence electrons. The van der Waals surface area contributed by atoms with E-state index in [-0.39, 0.29) is 5.75 Å². The molecule has 3 aromatic heterocycles. The molecule has 0 aliphatic carbocycles. The van der Waals surface area contributed by atoms with E-state index in [9.17, 15) is 5.11 Å². The maximum atomic E-state index is 9.55. The maximum absolute atomic E-state index is 9.55. The van der Waals surface area contributed by atoms with Crippen LogP contribution in [0.15, 0.2) is 84.5 Å². The fourth-order valence-corrected chi connectivity index (χ4v) is 5.27. The minimum atomic E-state index is 0.274. The molecule has 3 aromatic carbocycles.